The molecular weight excluding hydrogens is 264 g/mol. The van der Waals surface area contributed by atoms with Gasteiger partial charge in [0.1, 0.15) is 5.75 Å². The number of methoxy groups -OCH3 is 1. The van der Waals surface area contributed by atoms with Gasteiger partial charge in [-0.25, -0.2) is 8.42 Å². The average molecular weight is 284 g/mol. The van der Waals surface area contributed by atoms with E-state index in [-0.39, 0.29) is 6.04 Å². The molecule has 1 unspecified atom stereocenters. The van der Waals surface area contributed by atoms with Crippen LogP contribution >= 0.6 is 0 Å². The van der Waals surface area contributed by atoms with E-state index in [0.29, 0.717) is 17.2 Å². The van der Waals surface area contributed by atoms with Crippen molar-refractivity contribution in [2.75, 3.05) is 26.7 Å². The zero-order chi connectivity index (χ0) is 13.9. The van der Waals surface area contributed by atoms with E-state index in [0.717, 1.165) is 19.5 Å². The molecule has 0 radical (unpaired) electrons. The van der Waals surface area contributed by atoms with E-state index in [1.54, 1.807) is 35.7 Å². The fraction of sp³-hybridized carbons (Fsp3) is 0.538. The van der Waals surface area contributed by atoms with Gasteiger partial charge in [-0.1, -0.05) is 6.92 Å². The van der Waals surface area contributed by atoms with Crippen LogP contribution in [0, 0.1) is 0 Å². The van der Waals surface area contributed by atoms with Gasteiger partial charge < -0.3 is 10.1 Å². The van der Waals surface area contributed by atoms with Gasteiger partial charge in [0.15, 0.2) is 0 Å². The van der Waals surface area contributed by atoms with E-state index < -0.39 is 10.0 Å². The Bertz CT molecular complexity index is 507. The summed E-state index contributed by atoms with van der Waals surface area (Å²) in [5.41, 5.74) is 0. The molecule has 1 fully saturated rings. The average Bonchev–Trinajstić information content (AvgIpc) is 2.93. The van der Waals surface area contributed by atoms with Crippen molar-refractivity contribution in [3.8, 4) is 5.75 Å². The Morgan fingerprint density at radius 3 is 2.53 bits per heavy atom. The third-order valence-electron chi connectivity index (χ3n) is 3.42. The molecule has 2 rings (SSSR count). The summed E-state index contributed by atoms with van der Waals surface area (Å²) in [6.07, 6.45) is 0.864. The maximum Gasteiger partial charge on any atom is 0.243 e. The highest BCUT2D eigenvalue weighted by Crippen LogP contribution is 2.22. The quantitative estimate of drug-likeness (QED) is 0.878. The Balaban J connectivity index is 2.27. The minimum Gasteiger partial charge on any atom is -0.497 e. The first kappa shape index (κ1) is 14.3. The van der Waals surface area contributed by atoms with Crippen molar-refractivity contribution in [2.24, 2.45) is 0 Å². The van der Waals surface area contributed by atoms with Crippen LogP contribution in [0.4, 0.5) is 0 Å². The molecule has 1 saturated heterocycles. The third kappa shape index (κ3) is 2.91. The zero-order valence-corrected chi connectivity index (χ0v) is 12.1. The molecule has 1 N–H and O–H groups in total. The number of nitrogens with zero attached hydrogens (tertiary/aromatic N) is 1. The smallest absolute Gasteiger partial charge is 0.243 e. The minimum atomic E-state index is -3.42. The Morgan fingerprint density at radius 2 is 2.05 bits per heavy atom. The molecule has 1 atom stereocenters. The van der Waals surface area contributed by atoms with E-state index in [9.17, 15) is 8.42 Å². The maximum absolute atomic E-state index is 12.6. The van der Waals surface area contributed by atoms with Gasteiger partial charge in [0.05, 0.1) is 12.0 Å². The number of sulfonamides is 1. The maximum atomic E-state index is 12.6. The van der Waals surface area contributed by atoms with Crippen molar-refractivity contribution < 1.29 is 13.2 Å². The molecule has 0 amide bonds. The fourth-order valence-electron chi connectivity index (χ4n) is 2.39. The number of nitrogens with one attached hydrogen (secondary N) is 1. The lowest BCUT2D eigenvalue weighted by molar-refractivity contribution is 0.348. The number of hydrogen-bond acceptors (Lipinski definition) is 4. The third-order valence-corrected chi connectivity index (χ3v) is 5.46. The number of likely N-dealkylation sites (N-methyl/N-ethyl adjacent to an activating group) is 1. The second-order valence-electron chi connectivity index (χ2n) is 4.53. The molecule has 5 nitrogen and oxygen atoms in total. The highest BCUT2D eigenvalue weighted by molar-refractivity contribution is 7.89. The van der Waals surface area contributed by atoms with Crippen LogP contribution in [0.3, 0.4) is 0 Å². The van der Waals surface area contributed by atoms with E-state index in [1.807, 2.05) is 6.92 Å². The summed E-state index contributed by atoms with van der Waals surface area (Å²) in [6.45, 7) is 3.96. The molecule has 0 aromatic heterocycles. The number of rotatable bonds is 5. The van der Waals surface area contributed by atoms with Crippen LogP contribution in [0.15, 0.2) is 29.2 Å². The molecule has 0 aliphatic carbocycles. The van der Waals surface area contributed by atoms with Crippen molar-refractivity contribution in [3.05, 3.63) is 24.3 Å². The molecule has 1 heterocycles. The predicted molar refractivity (Wildman–Crippen MR) is 73.8 cm³/mol. The van der Waals surface area contributed by atoms with Crippen LogP contribution in [-0.4, -0.2) is 45.5 Å². The summed E-state index contributed by atoms with van der Waals surface area (Å²) in [5.74, 6) is 0.657. The van der Waals surface area contributed by atoms with Crippen LogP contribution in [0.5, 0.6) is 5.75 Å². The highest BCUT2D eigenvalue weighted by atomic mass is 32.2. The Labute approximate surface area is 114 Å². The molecule has 106 valence electrons. The first-order chi connectivity index (χ1) is 9.09. The summed E-state index contributed by atoms with van der Waals surface area (Å²) in [6, 6.07) is 6.59. The lowest BCUT2D eigenvalue weighted by Gasteiger charge is -2.26. The highest BCUT2D eigenvalue weighted by Gasteiger charge is 2.31. The van der Waals surface area contributed by atoms with Gasteiger partial charge in [-0.05, 0) is 37.2 Å². The summed E-state index contributed by atoms with van der Waals surface area (Å²) in [7, 11) is -1.86. The molecule has 19 heavy (non-hydrogen) atoms. The minimum absolute atomic E-state index is 0.0529. The molecular formula is C13H20N2O3S. The molecule has 1 aromatic carbocycles. The Morgan fingerprint density at radius 1 is 1.37 bits per heavy atom. The normalized spacial score (nSPS) is 19.8. The first-order valence-electron chi connectivity index (χ1n) is 6.46. The van der Waals surface area contributed by atoms with Crippen molar-refractivity contribution in [1.82, 2.24) is 9.62 Å². The van der Waals surface area contributed by atoms with Crippen LogP contribution in [-0.2, 0) is 10.0 Å². The lowest BCUT2D eigenvalue weighted by Crippen LogP contribution is -2.41. The van der Waals surface area contributed by atoms with E-state index in [4.69, 9.17) is 4.74 Å². The molecule has 6 heteroatoms. The summed E-state index contributed by atoms with van der Waals surface area (Å²) < 4.78 is 31.8. The number of ether oxygens (including phenoxy) is 1. The zero-order valence-electron chi connectivity index (χ0n) is 11.3. The Kier molecular flexibility index (Phi) is 4.44. The molecule has 0 bridgehead atoms. The van der Waals surface area contributed by atoms with Gasteiger partial charge >= 0.3 is 0 Å². The standard InChI is InChI=1S/C13H20N2O3S/c1-3-15(11-8-9-14-10-11)19(16,17)13-6-4-12(18-2)5-7-13/h4-7,11,14H,3,8-10H2,1-2H3. The number of hydrogen-bond donors (Lipinski definition) is 1. The van der Waals surface area contributed by atoms with Gasteiger partial charge in [0, 0.05) is 19.1 Å². The van der Waals surface area contributed by atoms with Crippen LogP contribution < -0.4 is 10.1 Å². The van der Waals surface area contributed by atoms with Gasteiger partial charge in [0.2, 0.25) is 10.0 Å². The van der Waals surface area contributed by atoms with Crippen molar-refractivity contribution in [1.29, 1.82) is 0 Å². The van der Waals surface area contributed by atoms with Crippen LogP contribution in [0.1, 0.15) is 13.3 Å². The van der Waals surface area contributed by atoms with Gasteiger partial charge in [-0.3, -0.25) is 0 Å². The molecule has 0 spiro atoms. The topological polar surface area (TPSA) is 58.6 Å². The number of benzene rings is 1. The second-order valence-corrected chi connectivity index (χ2v) is 6.42. The Hall–Kier alpha value is -1.11. The molecule has 0 saturated carbocycles. The van der Waals surface area contributed by atoms with E-state index in [2.05, 4.69) is 5.32 Å². The van der Waals surface area contributed by atoms with Crippen LogP contribution in [0.25, 0.3) is 0 Å². The second kappa shape index (κ2) is 5.90. The van der Waals surface area contributed by atoms with Crippen LogP contribution in [0.2, 0.25) is 0 Å². The van der Waals surface area contributed by atoms with E-state index >= 15 is 0 Å². The van der Waals surface area contributed by atoms with Crippen molar-refractivity contribution in [2.45, 2.75) is 24.3 Å². The van der Waals surface area contributed by atoms with Gasteiger partial charge in [-0.2, -0.15) is 4.31 Å². The lowest BCUT2D eigenvalue weighted by atomic mass is 10.3. The van der Waals surface area contributed by atoms with Crippen molar-refractivity contribution >= 4 is 10.0 Å². The fourth-order valence-corrected chi connectivity index (χ4v) is 4.06. The molecule has 1 aliphatic rings. The monoisotopic (exact) mass is 284 g/mol. The van der Waals surface area contributed by atoms with E-state index in [1.165, 1.54) is 0 Å². The predicted octanol–water partition coefficient (Wildman–Crippen LogP) is 1.07. The summed E-state index contributed by atoms with van der Waals surface area (Å²) in [4.78, 5) is 0.321. The largest absolute Gasteiger partial charge is 0.497 e. The summed E-state index contributed by atoms with van der Waals surface area (Å²) in [5, 5.41) is 3.20. The summed E-state index contributed by atoms with van der Waals surface area (Å²) >= 11 is 0. The van der Waals surface area contributed by atoms with Crippen molar-refractivity contribution in [3.63, 3.8) is 0 Å². The SMILES string of the molecule is CCN(C1CCNC1)S(=O)(=O)c1ccc(OC)cc1. The molecule has 1 aliphatic heterocycles. The first-order valence-corrected chi connectivity index (χ1v) is 7.90. The molecule has 1 aromatic rings. The van der Waals surface area contributed by atoms with Gasteiger partial charge in [0.25, 0.3) is 0 Å². The van der Waals surface area contributed by atoms with Gasteiger partial charge in [-0.15, -0.1) is 0 Å².